The molecule has 4 aromatic rings. The van der Waals surface area contributed by atoms with Gasteiger partial charge in [0.2, 0.25) is 17.7 Å². The molecule has 0 spiro atoms. The Morgan fingerprint density at radius 2 is 1.64 bits per heavy atom. The molecule has 3 aromatic carbocycles. The van der Waals surface area contributed by atoms with Gasteiger partial charge in [-0.1, -0.05) is 84.3 Å². The van der Waals surface area contributed by atoms with E-state index in [0.29, 0.717) is 40.6 Å². The smallest absolute Gasteiger partial charge is 0.254 e. The van der Waals surface area contributed by atoms with E-state index in [-0.39, 0.29) is 89.0 Å². The van der Waals surface area contributed by atoms with E-state index in [1.807, 2.05) is 79.7 Å². The van der Waals surface area contributed by atoms with Gasteiger partial charge in [-0.25, -0.2) is 4.98 Å². The minimum atomic E-state index is -0.993. The lowest BCUT2D eigenvalue weighted by Crippen LogP contribution is -2.74. The van der Waals surface area contributed by atoms with Crippen LogP contribution in [0.1, 0.15) is 98.0 Å². The molecule has 19 heteroatoms. The van der Waals surface area contributed by atoms with E-state index in [4.69, 9.17) is 30.5 Å². The van der Waals surface area contributed by atoms with Gasteiger partial charge in [-0.2, -0.15) is 5.26 Å². The van der Waals surface area contributed by atoms with Gasteiger partial charge in [0.1, 0.15) is 36.6 Å². The maximum Gasteiger partial charge on any atom is 0.254 e. The highest BCUT2D eigenvalue weighted by molar-refractivity contribution is 7.13. The standard InChI is InChI=1S/C54H66ClN7O10S/c1-32-44(73-31-58-32)34-11-9-33(10-12-34)27-57-47(66)42-24-38(63)29-62(42)49(68)45(52(2,3)4)59-43(64)30-71-22-21-70-20-19-69-18-17-61-28-37-23-35(14-16-40(37)48(61)67)46(65)60-50-53(5,6)51(54(50,7)8)72-39-15-13-36(26-56)41(55)25-39/h9-16,23,25,31,38,42,45,50-51,63H,17-22,24,27-30H2,1-8H3,(H,57,66)(H,59,64)(H,60,65)/t38-,42+,45-,50?,51?/m1/s1. The highest BCUT2D eigenvalue weighted by Crippen LogP contribution is 2.55. The molecule has 4 N–H and O–H groups in total. The Kier molecular flexibility index (Phi) is 17.3. The molecular formula is C54H66ClN7O10S. The third-order valence-electron chi connectivity index (χ3n) is 13.9. The first-order valence-electron chi connectivity index (χ1n) is 24.5. The molecule has 0 unspecified atom stereocenters. The highest BCUT2D eigenvalue weighted by Gasteiger charge is 2.64. The topological polar surface area (TPSA) is 222 Å². The number of ether oxygens (including phenoxy) is 4. The first kappa shape index (κ1) is 54.8. The predicted molar refractivity (Wildman–Crippen MR) is 275 cm³/mol. The molecule has 2 fully saturated rings. The number of nitriles is 1. The average molecular weight is 1040 g/mol. The van der Waals surface area contributed by atoms with Gasteiger partial charge < -0.3 is 49.8 Å². The normalized spacial score (nSPS) is 20.2. The molecule has 1 saturated heterocycles. The molecule has 1 aromatic heterocycles. The van der Waals surface area contributed by atoms with E-state index in [1.165, 1.54) is 4.90 Å². The Morgan fingerprint density at radius 1 is 0.959 bits per heavy atom. The zero-order valence-corrected chi connectivity index (χ0v) is 44.3. The fourth-order valence-electron chi connectivity index (χ4n) is 10.3. The van der Waals surface area contributed by atoms with Crippen LogP contribution in [0.5, 0.6) is 5.75 Å². The summed E-state index contributed by atoms with van der Waals surface area (Å²) in [7, 11) is 0. The molecule has 1 aliphatic carbocycles. The summed E-state index contributed by atoms with van der Waals surface area (Å²) in [5.74, 6) is -1.19. The number of nitrogens with zero attached hydrogens (tertiary/aromatic N) is 4. The SMILES string of the molecule is Cc1ncsc1-c1ccc(CNC(=O)[C@@H]2C[C@@H](O)CN2C(=O)[C@@H](NC(=O)COCCOCCOCCN2Cc3cc(C(=O)NC4C(C)(C)C(Oc5ccc(C#N)c(Cl)c5)C4(C)C)ccc3C2=O)C(C)(C)C)cc1. The van der Waals surface area contributed by atoms with Crippen molar-refractivity contribution in [2.45, 2.75) is 105 Å². The van der Waals surface area contributed by atoms with Crippen LogP contribution >= 0.6 is 22.9 Å². The molecule has 73 heavy (non-hydrogen) atoms. The van der Waals surface area contributed by atoms with Crippen LogP contribution in [0.4, 0.5) is 0 Å². The van der Waals surface area contributed by atoms with Crippen molar-refractivity contribution in [3.8, 4) is 22.3 Å². The Hall–Kier alpha value is -5.94. The fraction of sp³-hybridized carbons (Fsp3) is 0.500. The molecule has 5 amide bonds. The number of amides is 5. The number of thiazole rings is 1. The fourth-order valence-corrected chi connectivity index (χ4v) is 11.3. The minimum absolute atomic E-state index is 0.0358. The quantitative estimate of drug-likeness (QED) is 0.0699. The van der Waals surface area contributed by atoms with Crippen LogP contribution < -0.4 is 20.7 Å². The summed E-state index contributed by atoms with van der Waals surface area (Å²) in [6.07, 6.45) is -1.06. The second kappa shape index (κ2) is 23.1. The van der Waals surface area contributed by atoms with Gasteiger partial charge in [0.15, 0.2) is 0 Å². The minimum Gasteiger partial charge on any atom is -0.489 e. The molecule has 3 heterocycles. The Balaban J connectivity index is 0.774. The summed E-state index contributed by atoms with van der Waals surface area (Å²) in [4.78, 5) is 75.7. The van der Waals surface area contributed by atoms with Gasteiger partial charge in [-0.3, -0.25) is 24.0 Å². The average Bonchev–Trinajstić information content (AvgIpc) is 4.06. The zero-order chi connectivity index (χ0) is 52.8. The van der Waals surface area contributed by atoms with Crippen molar-refractivity contribution in [1.29, 1.82) is 5.26 Å². The van der Waals surface area contributed by atoms with E-state index < -0.39 is 46.2 Å². The molecular weight excluding hydrogens is 974 g/mol. The molecule has 0 radical (unpaired) electrons. The summed E-state index contributed by atoms with van der Waals surface area (Å²) in [5, 5.41) is 29.0. The summed E-state index contributed by atoms with van der Waals surface area (Å²) < 4.78 is 23.3. The Morgan fingerprint density at radius 3 is 2.29 bits per heavy atom. The van der Waals surface area contributed by atoms with Crippen molar-refractivity contribution in [2.75, 3.05) is 52.7 Å². The summed E-state index contributed by atoms with van der Waals surface area (Å²) in [6, 6.07) is 17.9. The number of aliphatic hydroxyl groups excluding tert-OH is 1. The molecule has 1 saturated carbocycles. The van der Waals surface area contributed by atoms with Gasteiger partial charge >= 0.3 is 0 Å². The van der Waals surface area contributed by atoms with Gasteiger partial charge in [0, 0.05) is 66.7 Å². The van der Waals surface area contributed by atoms with E-state index in [1.54, 1.807) is 58.1 Å². The van der Waals surface area contributed by atoms with Gasteiger partial charge in [0.25, 0.3) is 11.8 Å². The number of aryl methyl sites for hydroxylation is 1. The van der Waals surface area contributed by atoms with Crippen molar-refractivity contribution >= 4 is 52.5 Å². The maximum atomic E-state index is 14.0. The molecule has 7 rings (SSSR count). The van der Waals surface area contributed by atoms with Gasteiger partial charge in [0.05, 0.1) is 65.8 Å². The monoisotopic (exact) mass is 1040 g/mol. The molecule has 390 valence electrons. The van der Waals surface area contributed by atoms with Crippen LogP contribution in [0.2, 0.25) is 5.02 Å². The number of halogens is 1. The molecule has 0 bridgehead atoms. The maximum absolute atomic E-state index is 14.0. The molecule has 3 aliphatic rings. The predicted octanol–water partition coefficient (Wildman–Crippen LogP) is 6.07. The van der Waals surface area contributed by atoms with Gasteiger partial charge in [-0.05, 0) is 59.4 Å². The van der Waals surface area contributed by atoms with Gasteiger partial charge in [-0.15, -0.1) is 11.3 Å². The largest absolute Gasteiger partial charge is 0.489 e. The lowest BCUT2D eigenvalue weighted by Gasteiger charge is -2.63. The Bertz CT molecular complexity index is 2700. The number of benzene rings is 3. The summed E-state index contributed by atoms with van der Waals surface area (Å²) >= 11 is 7.81. The van der Waals surface area contributed by atoms with Crippen LogP contribution in [0.25, 0.3) is 10.4 Å². The number of nitrogens with one attached hydrogen (secondary N) is 3. The van der Waals surface area contributed by atoms with Crippen molar-refractivity contribution < 1.29 is 48.0 Å². The number of carbonyl (C=O) groups is 5. The second-order valence-corrected chi connectivity index (χ2v) is 22.4. The molecule has 17 nitrogen and oxygen atoms in total. The number of likely N-dealkylation sites (tertiary alicyclic amines) is 1. The first-order chi connectivity index (χ1) is 34.6. The van der Waals surface area contributed by atoms with E-state index in [2.05, 4.69) is 27.0 Å². The van der Waals surface area contributed by atoms with E-state index in [9.17, 15) is 34.3 Å². The molecule has 2 aliphatic heterocycles. The number of carbonyl (C=O) groups excluding carboxylic acids is 5. The lowest BCUT2D eigenvalue weighted by atomic mass is 9.49. The number of hydrogen-bond donors (Lipinski definition) is 4. The number of hydrogen-bond acceptors (Lipinski definition) is 13. The third-order valence-corrected chi connectivity index (χ3v) is 15.2. The van der Waals surface area contributed by atoms with Crippen LogP contribution in [-0.4, -0.2) is 132 Å². The lowest BCUT2D eigenvalue weighted by molar-refractivity contribution is -0.164. The number of β-amino-alcohol motifs (C(OH)–C–C–N with tert-alkyl or cyclic N) is 1. The van der Waals surface area contributed by atoms with Crippen molar-refractivity contribution in [3.63, 3.8) is 0 Å². The van der Waals surface area contributed by atoms with Crippen molar-refractivity contribution in [2.24, 2.45) is 16.2 Å². The number of rotatable bonds is 21. The Labute approximate surface area is 435 Å². The third kappa shape index (κ3) is 12.7. The summed E-state index contributed by atoms with van der Waals surface area (Å²) in [5.41, 5.74) is 5.21. The number of aliphatic hydroxyl groups is 1. The van der Waals surface area contributed by atoms with Crippen LogP contribution in [-0.2, 0) is 41.7 Å². The van der Waals surface area contributed by atoms with Crippen LogP contribution in [0.15, 0.2) is 66.2 Å². The highest BCUT2D eigenvalue weighted by atomic mass is 35.5. The first-order valence-corrected chi connectivity index (χ1v) is 25.7. The zero-order valence-electron chi connectivity index (χ0n) is 42.7. The number of aromatic nitrogens is 1. The molecule has 3 atom stereocenters. The summed E-state index contributed by atoms with van der Waals surface area (Å²) in [6.45, 7) is 17.2. The van der Waals surface area contributed by atoms with E-state index in [0.717, 1.165) is 27.3 Å². The number of fused-ring (bicyclic) bond motifs is 1. The van der Waals surface area contributed by atoms with Crippen molar-refractivity contribution in [3.05, 3.63) is 105 Å². The van der Waals surface area contributed by atoms with Crippen LogP contribution in [0, 0.1) is 34.5 Å². The van der Waals surface area contributed by atoms with Crippen molar-refractivity contribution in [1.82, 2.24) is 30.7 Å². The second-order valence-electron chi connectivity index (χ2n) is 21.1. The van der Waals surface area contributed by atoms with E-state index >= 15 is 0 Å². The van der Waals surface area contributed by atoms with Crippen LogP contribution in [0.3, 0.4) is 0 Å².